The molecule has 0 amide bonds. The molecule has 0 saturated carbocycles. The average molecular weight is 270 g/mol. The summed E-state index contributed by atoms with van der Waals surface area (Å²) in [6.45, 7) is 8.00. The molecule has 20 heavy (non-hydrogen) atoms. The maximum Gasteiger partial charge on any atom is 0.178 e. The predicted octanol–water partition coefficient (Wildman–Crippen LogP) is 5.40. The molecule has 0 unspecified atom stereocenters. The first kappa shape index (κ1) is 17.7. The normalized spacial score (nSPS) is 12.4. The Morgan fingerprint density at radius 2 is 1.40 bits per heavy atom. The number of carbonyl (C=O) groups excluding carboxylic acids is 1. The summed E-state index contributed by atoms with van der Waals surface area (Å²) in [5.74, 6) is -0.00264. The highest BCUT2D eigenvalue weighted by atomic mass is 16.1. The summed E-state index contributed by atoms with van der Waals surface area (Å²) in [7, 11) is 0. The van der Waals surface area contributed by atoms with Gasteiger partial charge < -0.3 is 0 Å². The van der Waals surface area contributed by atoms with Crippen LogP contribution in [-0.4, -0.2) is 5.78 Å². The molecule has 106 valence electrons. The number of benzene rings is 1. The first-order valence-corrected chi connectivity index (χ1v) is 6.91. The number of allylic oxidation sites excluding steroid dienone is 5. The van der Waals surface area contributed by atoms with E-state index in [4.69, 9.17) is 0 Å². The maximum atomic E-state index is 10.8. The Kier molecular flexibility index (Phi) is 10.4. The van der Waals surface area contributed by atoms with Crippen LogP contribution in [0.2, 0.25) is 0 Å². The van der Waals surface area contributed by atoms with Crippen molar-refractivity contribution in [2.75, 3.05) is 0 Å². The van der Waals surface area contributed by atoms with Crippen molar-refractivity contribution in [1.82, 2.24) is 0 Å². The van der Waals surface area contributed by atoms with Crippen molar-refractivity contribution < 1.29 is 4.79 Å². The second kappa shape index (κ2) is 11.8. The first-order chi connectivity index (χ1) is 9.84. The summed E-state index contributed by atoms with van der Waals surface area (Å²) in [5.41, 5.74) is 1.67. The fraction of sp³-hybridized carbons (Fsp3) is 0.235. The highest BCUT2D eigenvalue weighted by Gasteiger charge is 1.96. The van der Waals surface area contributed by atoms with Gasteiger partial charge in [-0.1, -0.05) is 45.9 Å². The minimum absolute atomic E-state index is 0.00264. The summed E-state index contributed by atoms with van der Waals surface area (Å²) >= 11 is 0. The third-order valence-corrected chi connectivity index (χ3v) is 2.02. The molecule has 0 fully saturated rings. The zero-order valence-electron chi connectivity index (χ0n) is 12.6. The van der Waals surface area contributed by atoms with E-state index in [2.05, 4.69) is 10.2 Å². The Bertz CT molecular complexity index is 479. The van der Waals surface area contributed by atoms with Crippen LogP contribution in [-0.2, 0) is 4.79 Å². The predicted molar refractivity (Wildman–Crippen MR) is 85.0 cm³/mol. The van der Waals surface area contributed by atoms with Crippen LogP contribution in [0.4, 0.5) is 5.69 Å². The SMILES string of the molecule is CC.CC.O=C1C=CC(=CN=Nc2ccccc2)C=C1. The van der Waals surface area contributed by atoms with Crippen LogP contribution >= 0.6 is 0 Å². The van der Waals surface area contributed by atoms with Crippen LogP contribution in [0.3, 0.4) is 0 Å². The summed E-state index contributed by atoms with van der Waals surface area (Å²) in [6.07, 6.45) is 8.05. The number of ketones is 1. The molecular formula is C17H22N2O. The second-order valence-electron chi connectivity index (χ2n) is 3.25. The molecule has 2 rings (SSSR count). The molecule has 3 nitrogen and oxygen atoms in total. The van der Waals surface area contributed by atoms with E-state index >= 15 is 0 Å². The zero-order chi connectivity index (χ0) is 15.2. The van der Waals surface area contributed by atoms with Crippen molar-refractivity contribution in [3.05, 3.63) is 66.4 Å². The monoisotopic (exact) mass is 270 g/mol. The number of rotatable bonds is 2. The Labute approximate surface area is 121 Å². The van der Waals surface area contributed by atoms with Gasteiger partial charge in [0.1, 0.15) is 0 Å². The molecule has 0 N–H and O–H groups in total. The molecule has 0 aromatic heterocycles. The van der Waals surface area contributed by atoms with Crippen LogP contribution in [0, 0.1) is 0 Å². The lowest BCUT2D eigenvalue weighted by Gasteiger charge is -1.95. The van der Waals surface area contributed by atoms with Gasteiger partial charge in [-0.3, -0.25) is 4.79 Å². The molecule has 1 aliphatic rings. The van der Waals surface area contributed by atoms with Crippen LogP contribution in [0.25, 0.3) is 0 Å². The van der Waals surface area contributed by atoms with Crippen molar-refractivity contribution in [2.24, 2.45) is 10.2 Å². The number of hydrogen-bond donors (Lipinski definition) is 0. The summed E-state index contributed by atoms with van der Waals surface area (Å²) < 4.78 is 0. The van der Waals surface area contributed by atoms with Crippen molar-refractivity contribution in [2.45, 2.75) is 27.7 Å². The van der Waals surface area contributed by atoms with Crippen LogP contribution < -0.4 is 0 Å². The lowest BCUT2D eigenvalue weighted by molar-refractivity contribution is -0.110. The van der Waals surface area contributed by atoms with Crippen LogP contribution in [0.5, 0.6) is 0 Å². The third kappa shape index (κ3) is 7.21. The maximum absolute atomic E-state index is 10.8. The highest BCUT2D eigenvalue weighted by molar-refractivity contribution is 6.01. The number of azo groups is 1. The minimum Gasteiger partial charge on any atom is -0.290 e. The zero-order valence-corrected chi connectivity index (χ0v) is 12.6. The first-order valence-electron chi connectivity index (χ1n) is 6.91. The lowest BCUT2D eigenvalue weighted by atomic mass is 10.1. The Morgan fingerprint density at radius 3 is 1.95 bits per heavy atom. The molecule has 0 bridgehead atoms. The number of carbonyl (C=O) groups is 1. The average Bonchev–Trinajstić information content (AvgIpc) is 2.54. The quantitative estimate of drug-likeness (QED) is 0.663. The van der Waals surface area contributed by atoms with Gasteiger partial charge in [0.05, 0.1) is 11.9 Å². The Morgan fingerprint density at radius 1 is 0.850 bits per heavy atom. The molecule has 3 heteroatoms. The summed E-state index contributed by atoms with van der Waals surface area (Å²) in [4.78, 5) is 10.8. The second-order valence-corrected chi connectivity index (χ2v) is 3.25. The topological polar surface area (TPSA) is 41.8 Å². The molecule has 0 radical (unpaired) electrons. The van der Waals surface area contributed by atoms with E-state index in [1.54, 1.807) is 18.4 Å². The fourth-order valence-electron chi connectivity index (χ4n) is 1.21. The largest absolute Gasteiger partial charge is 0.290 e. The van der Waals surface area contributed by atoms with E-state index in [-0.39, 0.29) is 5.78 Å². The lowest BCUT2D eigenvalue weighted by Crippen LogP contribution is -1.90. The number of nitrogens with zero attached hydrogens (tertiary/aromatic N) is 2. The Balaban J connectivity index is 0.000000829. The van der Waals surface area contributed by atoms with E-state index in [0.29, 0.717) is 0 Å². The molecule has 1 aromatic carbocycles. The van der Waals surface area contributed by atoms with Gasteiger partial charge in [-0.15, -0.1) is 0 Å². The fourth-order valence-corrected chi connectivity index (χ4v) is 1.21. The van der Waals surface area contributed by atoms with E-state index < -0.39 is 0 Å². The highest BCUT2D eigenvalue weighted by Crippen LogP contribution is 2.11. The molecule has 0 aliphatic heterocycles. The van der Waals surface area contributed by atoms with Gasteiger partial charge >= 0.3 is 0 Å². The molecule has 0 spiro atoms. The van der Waals surface area contributed by atoms with E-state index in [0.717, 1.165) is 11.3 Å². The Hall–Kier alpha value is -2.29. The van der Waals surface area contributed by atoms with E-state index in [1.807, 2.05) is 58.0 Å². The van der Waals surface area contributed by atoms with Crippen LogP contribution in [0.15, 0.2) is 76.6 Å². The van der Waals surface area contributed by atoms with Gasteiger partial charge in [0.2, 0.25) is 0 Å². The molecule has 0 heterocycles. The van der Waals surface area contributed by atoms with Crippen molar-refractivity contribution in [1.29, 1.82) is 0 Å². The van der Waals surface area contributed by atoms with Gasteiger partial charge in [0, 0.05) is 0 Å². The van der Waals surface area contributed by atoms with Crippen molar-refractivity contribution in [3.8, 4) is 0 Å². The van der Waals surface area contributed by atoms with Gasteiger partial charge in [0.25, 0.3) is 0 Å². The van der Waals surface area contributed by atoms with Crippen molar-refractivity contribution >= 4 is 11.5 Å². The van der Waals surface area contributed by atoms with E-state index in [9.17, 15) is 4.79 Å². The minimum atomic E-state index is -0.00264. The van der Waals surface area contributed by atoms with Gasteiger partial charge in [-0.05, 0) is 42.0 Å². The van der Waals surface area contributed by atoms with Gasteiger partial charge in [-0.25, -0.2) is 0 Å². The molecule has 1 aliphatic carbocycles. The molecular weight excluding hydrogens is 248 g/mol. The van der Waals surface area contributed by atoms with E-state index in [1.165, 1.54) is 12.2 Å². The smallest absolute Gasteiger partial charge is 0.178 e. The number of hydrogen-bond acceptors (Lipinski definition) is 3. The van der Waals surface area contributed by atoms with Crippen LogP contribution in [0.1, 0.15) is 27.7 Å². The molecule has 0 atom stereocenters. The van der Waals surface area contributed by atoms with Crippen molar-refractivity contribution in [3.63, 3.8) is 0 Å². The standard InChI is InChI=1S/C13H10N2O.2C2H6/c16-13-8-6-11(7-9-13)10-14-15-12-4-2-1-3-5-12;2*1-2/h1-10H;2*1-2H3. The van der Waals surface area contributed by atoms with Gasteiger partial charge in [0.15, 0.2) is 5.78 Å². The molecule has 0 saturated heterocycles. The molecule has 1 aromatic rings. The van der Waals surface area contributed by atoms with Gasteiger partial charge in [-0.2, -0.15) is 10.2 Å². The summed E-state index contributed by atoms with van der Waals surface area (Å²) in [6, 6.07) is 9.48. The third-order valence-electron chi connectivity index (χ3n) is 2.02. The summed E-state index contributed by atoms with van der Waals surface area (Å²) in [5, 5.41) is 7.95.